The number of rotatable bonds is 1. The van der Waals surface area contributed by atoms with Crippen LogP contribution >= 0.6 is 11.3 Å². The summed E-state index contributed by atoms with van der Waals surface area (Å²) in [6.07, 6.45) is 0. The van der Waals surface area contributed by atoms with Crippen LogP contribution < -0.4 is 0 Å². The van der Waals surface area contributed by atoms with Crippen LogP contribution in [0.4, 0.5) is 0 Å². The van der Waals surface area contributed by atoms with Crippen molar-refractivity contribution in [3.05, 3.63) is 21.4 Å². The lowest BCUT2D eigenvalue weighted by atomic mass is 10.2. The van der Waals surface area contributed by atoms with E-state index in [0.717, 1.165) is 10.4 Å². The lowest BCUT2D eigenvalue weighted by molar-refractivity contribution is 0.0832. The van der Waals surface area contributed by atoms with E-state index in [4.69, 9.17) is 5.11 Å². The van der Waals surface area contributed by atoms with Gasteiger partial charge in [-0.25, -0.2) is 0 Å². The maximum Gasteiger partial charge on any atom is 0.263 e. The second kappa shape index (κ2) is 4.96. The topological polar surface area (TPSA) is 40.5 Å². The molecule has 0 saturated heterocycles. The first kappa shape index (κ1) is 11.8. The van der Waals surface area contributed by atoms with Gasteiger partial charge in [-0.15, -0.1) is 11.3 Å². The van der Waals surface area contributed by atoms with Gasteiger partial charge in [-0.3, -0.25) is 4.79 Å². The highest BCUT2D eigenvalue weighted by atomic mass is 32.1. The molecule has 0 aliphatic heterocycles. The van der Waals surface area contributed by atoms with E-state index in [1.165, 1.54) is 16.2 Å². The quantitative estimate of drug-likeness (QED) is 0.724. The summed E-state index contributed by atoms with van der Waals surface area (Å²) >= 11 is 1.36. The Morgan fingerprint density at radius 2 is 2.27 bits per heavy atom. The Hall–Kier alpha value is -1.31. The summed E-state index contributed by atoms with van der Waals surface area (Å²) in [5.74, 6) is 5.39. The van der Waals surface area contributed by atoms with Crippen LogP contribution in [0.2, 0.25) is 0 Å². The Morgan fingerprint density at radius 1 is 1.60 bits per heavy atom. The van der Waals surface area contributed by atoms with E-state index in [-0.39, 0.29) is 12.5 Å². The van der Waals surface area contributed by atoms with Crippen molar-refractivity contribution in [1.29, 1.82) is 0 Å². The molecule has 0 radical (unpaired) electrons. The van der Waals surface area contributed by atoms with Crippen LogP contribution in [0, 0.1) is 18.8 Å². The van der Waals surface area contributed by atoms with Crippen LogP contribution in [0.5, 0.6) is 0 Å². The van der Waals surface area contributed by atoms with Crippen molar-refractivity contribution in [2.75, 3.05) is 20.7 Å². The fourth-order valence-corrected chi connectivity index (χ4v) is 2.12. The van der Waals surface area contributed by atoms with Crippen molar-refractivity contribution in [3.8, 4) is 11.8 Å². The van der Waals surface area contributed by atoms with Crippen LogP contribution in [0.25, 0.3) is 0 Å². The molecule has 0 aliphatic rings. The Bertz CT molecular complexity index is 424. The highest BCUT2D eigenvalue weighted by molar-refractivity contribution is 7.14. The molecule has 15 heavy (non-hydrogen) atoms. The van der Waals surface area contributed by atoms with E-state index in [9.17, 15) is 4.79 Å². The van der Waals surface area contributed by atoms with Crippen molar-refractivity contribution in [3.63, 3.8) is 0 Å². The zero-order chi connectivity index (χ0) is 11.4. The Kier molecular flexibility index (Phi) is 3.89. The number of hydrogen-bond acceptors (Lipinski definition) is 3. The predicted octanol–water partition coefficient (Wildman–Crippen LogP) is 1.10. The fraction of sp³-hybridized carbons (Fsp3) is 0.364. The van der Waals surface area contributed by atoms with E-state index in [2.05, 4.69) is 11.8 Å². The summed E-state index contributed by atoms with van der Waals surface area (Å²) in [5.41, 5.74) is 0.978. The van der Waals surface area contributed by atoms with E-state index in [1.807, 2.05) is 13.0 Å². The smallest absolute Gasteiger partial charge is 0.263 e. The van der Waals surface area contributed by atoms with Gasteiger partial charge in [0.15, 0.2) is 0 Å². The molecule has 4 heteroatoms. The number of aryl methyl sites for hydroxylation is 1. The molecular weight excluding hydrogens is 210 g/mol. The zero-order valence-electron chi connectivity index (χ0n) is 9.00. The molecule has 0 spiro atoms. The highest BCUT2D eigenvalue weighted by Crippen LogP contribution is 2.21. The van der Waals surface area contributed by atoms with Gasteiger partial charge in [0, 0.05) is 14.1 Å². The molecule has 0 atom stereocenters. The molecule has 0 unspecified atom stereocenters. The normalized spacial score (nSPS) is 9.33. The Balaban J connectivity index is 3.00. The van der Waals surface area contributed by atoms with Crippen LogP contribution in [-0.4, -0.2) is 36.6 Å². The minimum Gasteiger partial charge on any atom is -0.384 e. The summed E-state index contributed by atoms with van der Waals surface area (Å²) < 4.78 is 0. The number of hydrogen-bond donors (Lipinski definition) is 1. The van der Waals surface area contributed by atoms with E-state index >= 15 is 0 Å². The number of aliphatic hydroxyl groups excluding tert-OH is 1. The van der Waals surface area contributed by atoms with Crippen LogP contribution in [0.1, 0.15) is 20.1 Å². The van der Waals surface area contributed by atoms with Gasteiger partial charge in [0.05, 0.1) is 9.75 Å². The minimum atomic E-state index is -0.158. The Morgan fingerprint density at radius 3 is 2.80 bits per heavy atom. The largest absolute Gasteiger partial charge is 0.384 e. The molecule has 0 aromatic carbocycles. The molecule has 80 valence electrons. The van der Waals surface area contributed by atoms with E-state index < -0.39 is 0 Å². The van der Waals surface area contributed by atoms with Crippen molar-refractivity contribution < 1.29 is 9.90 Å². The first-order valence-electron chi connectivity index (χ1n) is 4.48. The third kappa shape index (κ3) is 2.82. The number of carbonyl (C=O) groups is 1. The summed E-state index contributed by atoms with van der Waals surface area (Å²) in [6, 6.07) is 1.83. The third-order valence-electron chi connectivity index (χ3n) is 1.82. The average molecular weight is 223 g/mol. The standard InChI is InChI=1S/C11H13NO2S/c1-8-7-10(11(14)12(2)3)15-9(8)5-4-6-13/h7,13H,6H2,1-3H3. The number of aliphatic hydroxyl groups is 1. The first-order chi connectivity index (χ1) is 7.06. The molecule has 0 saturated carbocycles. The molecule has 0 bridgehead atoms. The van der Waals surface area contributed by atoms with Crippen molar-refractivity contribution in [2.45, 2.75) is 6.92 Å². The molecule has 1 N–H and O–H groups in total. The van der Waals surface area contributed by atoms with Gasteiger partial charge < -0.3 is 10.0 Å². The molecule has 1 aromatic rings. The van der Waals surface area contributed by atoms with Crippen LogP contribution in [0.3, 0.4) is 0 Å². The fourth-order valence-electron chi connectivity index (χ4n) is 1.05. The summed E-state index contributed by atoms with van der Waals surface area (Å²) in [5, 5.41) is 8.58. The molecule has 1 aromatic heterocycles. The summed E-state index contributed by atoms with van der Waals surface area (Å²) in [7, 11) is 3.44. The third-order valence-corrected chi connectivity index (χ3v) is 2.96. The average Bonchev–Trinajstić information content (AvgIpc) is 2.55. The number of nitrogens with zero attached hydrogens (tertiary/aromatic N) is 1. The molecular formula is C11H13NO2S. The lowest BCUT2D eigenvalue weighted by Gasteiger charge is -2.06. The van der Waals surface area contributed by atoms with Gasteiger partial charge in [0.1, 0.15) is 6.61 Å². The predicted molar refractivity (Wildman–Crippen MR) is 61.0 cm³/mol. The number of thiophene rings is 1. The monoisotopic (exact) mass is 223 g/mol. The van der Waals surface area contributed by atoms with Crippen molar-refractivity contribution >= 4 is 17.2 Å². The second-order valence-electron chi connectivity index (χ2n) is 3.28. The van der Waals surface area contributed by atoms with Gasteiger partial charge in [-0.1, -0.05) is 11.8 Å². The minimum absolute atomic E-state index is 0.0138. The van der Waals surface area contributed by atoms with Crippen molar-refractivity contribution in [1.82, 2.24) is 4.90 Å². The van der Waals surface area contributed by atoms with Crippen LogP contribution in [-0.2, 0) is 0 Å². The SMILES string of the molecule is Cc1cc(C(=O)N(C)C)sc1C#CCO. The van der Waals surface area contributed by atoms with Gasteiger partial charge in [0.25, 0.3) is 5.91 Å². The van der Waals surface area contributed by atoms with Crippen molar-refractivity contribution in [2.24, 2.45) is 0 Å². The molecule has 1 rings (SSSR count). The molecule has 3 nitrogen and oxygen atoms in total. The number of carbonyl (C=O) groups excluding carboxylic acids is 1. The highest BCUT2D eigenvalue weighted by Gasteiger charge is 2.12. The van der Waals surface area contributed by atoms with Gasteiger partial charge in [0.2, 0.25) is 0 Å². The molecule has 0 fully saturated rings. The maximum atomic E-state index is 11.6. The summed E-state index contributed by atoms with van der Waals surface area (Å²) in [4.78, 5) is 14.7. The van der Waals surface area contributed by atoms with Gasteiger partial charge in [-0.2, -0.15) is 0 Å². The summed E-state index contributed by atoms with van der Waals surface area (Å²) in [6.45, 7) is 1.75. The first-order valence-corrected chi connectivity index (χ1v) is 5.29. The molecule has 1 amide bonds. The van der Waals surface area contributed by atoms with E-state index in [1.54, 1.807) is 14.1 Å². The van der Waals surface area contributed by atoms with E-state index in [0.29, 0.717) is 4.88 Å². The zero-order valence-corrected chi connectivity index (χ0v) is 9.81. The maximum absolute atomic E-state index is 11.6. The molecule has 0 aliphatic carbocycles. The molecule has 1 heterocycles. The lowest BCUT2D eigenvalue weighted by Crippen LogP contribution is -2.20. The second-order valence-corrected chi connectivity index (χ2v) is 4.33. The van der Waals surface area contributed by atoms with Crippen LogP contribution in [0.15, 0.2) is 6.07 Å². The van der Waals surface area contributed by atoms with Gasteiger partial charge >= 0.3 is 0 Å². The number of amides is 1. The van der Waals surface area contributed by atoms with Gasteiger partial charge in [-0.05, 0) is 18.6 Å². The Labute approximate surface area is 93.3 Å².